The second-order valence-corrected chi connectivity index (χ2v) is 19.4. The number of benzene rings is 1. The lowest BCUT2D eigenvalue weighted by Crippen LogP contribution is -2.57. The second kappa shape index (κ2) is 20.1. The number of carboxylic acids is 2. The van der Waals surface area contributed by atoms with E-state index in [1.807, 2.05) is 41.5 Å². The van der Waals surface area contributed by atoms with E-state index in [4.69, 9.17) is 10.8 Å². The monoisotopic (exact) mass is 724 g/mol. The van der Waals surface area contributed by atoms with Gasteiger partial charge in [0.2, 0.25) is 17.7 Å². The van der Waals surface area contributed by atoms with Crippen LogP contribution in [0.2, 0.25) is 10.1 Å². The van der Waals surface area contributed by atoms with Crippen molar-refractivity contribution in [1.82, 2.24) is 26.6 Å². The summed E-state index contributed by atoms with van der Waals surface area (Å²) in [6, 6.07) is 3.23. The summed E-state index contributed by atoms with van der Waals surface area (Å²) in [4.78, 5) is 72.0. The second-order valence-electron chi connectivity index (χ2n) is 14.5. The zero-order chi connectivity index (χ0) is 38.3. The third-order valence-corrected chi connectivity index (χ3v) is 13.8. The van der Waals surface area contributed by atoms with Gasteiger partial charge in [0.15, 0.2) is 0 Å². The number of aliphatic carboxylic acids is 2. The number of hydrogen-bond acceptors (Lipinski definition) is 8. The summed E-state index contributed by atoms with van der Waals surface area (Å²) in [6.07, 6.45) is 1.60. The SMILES string of the molecule is CN[C@H](CCCNC(=O)CCC(=O)NCCCC[C@@H](NC(=O)[C@H](N)CNC(=O)c1ccc([Si](F)(C(C)(C)C)C(C)(C)C)cc1)C(=O)O)C(=O)O. The highest BCUT2D eigenvalue weighted by atomic mass is 28.4. The fraction of sp³-hybridized carbons (Fsp3) is 0.647. The molecule has 0 bridgehead atoms. The van der Waals surface area contributed by atoms with Gasteiger partial charge in [-0.1, -0.05) is 53.7 Å². The maximum absolute atomic E-state index is 16.5. The predicted molar refractivity (Wildman–Crippen MR) is 191 cm³/mol. The highest BCUT2D eigenvalue weighted by Gasteiger charge is 2.56. The van der Waals surface area contributed by atoms with E-state index >= 15 is 4.11 Å². The molecule has 0 saturated carbocycles. The van der Waals surface area contributed by atoms with E-state index in [0.717, 1.165) is 0 Å². The molecule has 0 spiro atoms. The van der Waals surface area contributed by atoms with Crippen molar-refractivity contribution in [2.75, 3.05) is 26.7 Å². The Morgan fingerprint density at radius 2 is 1.24 bits per heavy atom. The van der Waals surface area contributed by atoms with E-state index in [1.165, 1.54) is 0 Å². The molecule has 0 aliphatic rings. The van der Waals surface area contributed by atoms with Crippen molar-refractivity contribution in [2.45, 2.75) is 115 Å². The molecular weight excluding hydrogens is 667 g/mol. The molecule has 282 valence electrons. The van der Waals surface area contributed by atoms with Gasteiger partial charge in [0.05, 0.1) is 0 Å². The highest BCUT2D eigenvalue weighted by Crippen LogP contribution is 2.51. The predicted octanol–water partition coefficient (Wildman–Crippen LogP) is 1.67. The Morgan fingerprint density at radius 1 is 0.760 bits per heavy atom. The van der Waals surface area contributed by atoms with Crippen LogP contribution in [0.3, 0.4) is 0 Å². The van der Waals surface area contributed by atoms with Gasteiger partial charge < -0.3 is 46.6 Å². The van der Waals surface area contributed by atoms with Gasteiger partial charge in [-0.15, -0.1) is 0 Å². The van der Waals surface area contributed by atoms with Gasteiger partial charge >= 0.3 is 11.9 Å². The van der Waals surface area contributed by atoms with Crippen LogP contribution in [-0.2, 0) is 24.0 Å². The lowest BCUT2D eigenvalue weighted by atomic mass is 10.1. The van der Waals surface area contributed by atoms with Gasteiger partial charge in [-0.25, -0.2) is 4.79 Å². The third kappa shape index (κ3) is 13.8. The van der Waals surface area contributed by atoms with E-state index in [2.05, 4.69) is 26.6 Å². The molecule has 1 aromatic carbocycles. The molecule has 50 heavy (non-hydrogen) atoms. The van der Waals surface area contributed by atoms with Crippen LogP contribution in [0.25, 0.3) is 0 Å². The minimum absolute atomic E-state index is 0.0314. The first-order valence-electron chi connectivity index (χ1n) is 17.0. The van der Waals surface area contributed by atoms with Gasteiger partial charge in [0.25, 0.3) is 14.3 Å². The molecule has 0 saturated heterocycles. The lowest BCUT2D eigenvalue weighted by Gasteiger charge is -2.44. The number of rotatable bonds is 21. The molecule has 3 atom stereocenters. The summed E-state index contributed by atoms with van der Waals surface area (Å²) in [6.45, 7) is 11.6. The first-order chi connectivity index (χ1) is 23.1. The molecule has 0 heterocycles. The average molecular weight is 725 g/mol. The Balaban J connectivity index is 2.45. The van der Waals surface area contributed by atoms with Crippen LogP contribution >= 0.6 is 0 Å². The fourth-order valence-corrected chi connectivity index (χ4v) is 10.4. The van der Waals surface area contributed by atoms with E-state index in [-0.39, 0.29) is 49.7 Å². The molecule has 0 unspecified atom stereocenters. The van der Waals surface area contributed by atoms with Crippen molar-refractivity contribution in [3.63, 3.8) is 0 Å². The third-order valence-electron chi connectivity index (χ3n) is 8.50. The normalized spacial score (nSPS) is 13.8. The molecular formula is C34H57FN6O8Si. The number of carbonyl (C=O) groups excluding carboxylic acids is 4. The zero-order valence-corrected chi connectivity index (χ0v) is 31.4. The molecule has 1 rings (SSSR count). The molecule has 0 fully saturated rings. The molecule has 14 nitrogen and oxygen atoms in total. The van der Waals surface area contributed by atoms with Crippen molar-refractivity contribution in [1.29, 1.82) is 0 Å². The minimum Gasteiger partial charge on any atom is -0.480 e. The molecule has 0 aliphatic carbocycles. The Hall–Kier alpha value is -3.89. The standard InChI is InChI=1S/C34H57FN6O8Si/c1-33(2,3)50(35,34(4,5)6)23-15-13-22(14-16-23)29(44)40-21-24(36)30(45)41-26(32(48)49)11-8-9-19-38-27(42)17-18-28(43)39-20-10-12-25(37-7)31(46)47/h13-16,24-26,37H,8-12,17-21,36H2,1-7H3,(H,38,42)(H,39,43)(H,40,44)(H,41,45)(H,46,47)(H,48,49)/t24-,25-,26-/m1/s1. The van der Waals surface area contributed by atoms with Crippen molar-refractivity contribution in [3.05, 3.63) is 29.8 Å². The molecule has 0 aromatic heterocycles. The molecule has 4 amide bonds. The molecule has 9 N–H and O–H groups in total. The summed E-state index contributed by atoms with van der Waals surface area (Å²) < 4.78 is 16.5. The molecule has 0 aliphatic heterocycles. The number of unbranched alkanes of at least 4 members (excludes halogenated alkanes) is 1. The summed E-state index contributed by atoms with van der Waals surface area (Å²) >= 11 is 0. The first-order valence-corrected chi connectivity index (χ1v) is 18.8. The average Bonchev–Trinajstić information content (AvgIpc) is 3.03. The quantitative estimate of drug-likeness (QED) is 0.0520. The van der Waals surface area contributed by atoms with Crippen LogP contribution in [-0.4, -0.2) is 99.0 Å². The lowest BCUT2D eigenvalue weighted by molar-refractivity contribution is -0.142. The van der Waals surface area contributed by atoms with Crippen molar-refractivity contribution < 1.29 is 43.1 Å². The number of halogens is 1. The van der Waals surface area contributed by atoms with E-state index in [1.54, 1.807) is 31.3 Å². The zero-order valence-electron chi connectivity index (χ0n) is 30.4. The van der Waals surface area contributed by atoms with E-state index in [9.17, 15) is 33.9 Å². The van der Waals surface area contributed by atoms with Crippen LogP contribution in [0.1, 0.15) is 96.8 Å². The van der Waals surface area contributed by atoms with Crippen molar-refractivity contribution in [3.8, 4) is 0 Å². The number of likely N-dealkylation sites (N-methyl/N-ethyl adjacent to an activating group) is 1. The number of nitrogens with one attached hydrogen (secondary N) is 5. The first kappa shape index (κ1) is 44.1. The Kier molecular flexibility index (Phi) is 17.7. The Morgan fingerprint density at radius 3 is 1.70 bits per heavy atom. The van der Waals surface area contributed by atoms with E-state index < -0.39 is 60.4 Å². The van der Waals surface area contributed by atoms with Gasteiger partial charge in [-0.3, -0.25) is 24.0 Å². The van der Waals surface area contributed by atoms with Crippen LogP contribution in [0.15, 0.2) is 24.3 Å². The van der Waals surface area contributed by atoms with Gasteiger partial charge in [-0.2, -0.15) is 0 Å². The topological polar surface area (TPSA) is 229 Å². The molecule has 16 heteroatoms. The summed E-state index contributed by atoms with van der Waals surface area (Å²) in [5.74, 6) is -4.16. The maximum Gasteiger partial charge on any atom is 0.326 e. The fourth-order valence-electron chi connectivity index (χ4n) is 5.81. The number of amides is 4. The van der Waals surface area contributed by atoms with E-state index in [0.29, 0.717) is 37.4 Å². The minimum atomic E-state index is -3.50. The smallest absolute Gasteiger partial charge is 0.326 e. The van der Waals surface area contributed by atoms with Gasteiger partial charge in [0.1, 0.15) is 18.1 Å². The summed E-state index contributed by atoms with van der Waals surface area (Å²) in [5.41, 5.74) is 6.20. The van der Waals surface area contributed by atoms with Gasteiger partial charge in [-0.05, 0) is 66.5 Å². The van der Waals surface area contributed by atoms with Crippen LogP contribution in [0.4, 0.5) is 4.11 Å². The van der Waals surface area contributed by atoms with Gasteiger partial charge in [0, 0.05) is 38.0 Å². The van der Waals surface area contributed by atoms with Crippen LogP contribution < -0.4 is 37.5 Å². The number of carboxylic acid groups (broad SMARTS) is 2. The Labute approximate surface area is 295 Å². The Bertz CT molecular complexity index is 1300. The number of carbonyl (C=O) groups is 6. The van der Waals surface area contributed by atoms with Crippen molar-refractivity contribution >= 4 is 49.2 Å². The summed E-state index contributed by atoms with van der Waals surface area (Å²) in [7, 11) is -1.95. The maximum atomic E-state index is 16.5. The molecule has 0 radical (unpaired) electrons. The van der Waals surface area contributed by atoms with Crippen molar-refractivity contribution in [2.24, 2.45) is 5.73 Å². The highest BCUT2D eigenvalue weighted by molar-refractivity contribution is 6.90. The largest absolute Gasteiger partial charge is 0.480 e. The number of nitrogens with two attached hydrogens (primary N) is 1. The summed E-state index contributed by atoms with van der Waals surface area (Å²) in [5, 5.41) is 30.9. The number of hydrogen-bond donors (Lipinski definition) is 8. The van der Waals surface area contributed by atoms with Crippen LogP contribution in [0, 0.1) is 0 Å². The van der Waals surface area contributed by atoms with Crippen LogP contribution in [0.5, 0.6) is 0 Å². The molecule has 1 aromatic rings.